The molecule has 4 nitrogen and oxygen atoms in total. The van der Waals surface area contributed by atoms with Crippen molar-refractivity contribution in [3.8, 4) is 17.2 Å². The van der Waals surface area contributed by atoms with Crippen LogP contribution in [-0.4, -0.2) is 16.2 Å². The number of imidazole rings is 1. The van der Waals surface area contributed by atoms with Gasteiger partial charge in [0.2, 0.25) is 0 Å². The smallest absolute Gasteiger partial charge is 0.127 e. The Labute approximate surface area is 152 Å². The van der Waals surface area contributed by atoms with Crippen molar-refractivity contribution in [3.05, 3.63) is 85.2 Å². The third-order valence-electron chi connectivity index (χ3n) is 4.14. The minimum atomic E-state index is 0.658. The molecule has 0 N–H and O–H groups in total. The number of fused-ring (bicyclic) bond motifs is 1. The molecule has 1 aromatic heterocycles. The second-order valence-corrected chi connectivity index (χ2v) is 6.02. The first-order valence-corrected chi connectivity index (χ1v) is 8.74. The van der Waals surface area contributed by atoms with Gasteiger partial charge < -0.3 is 14.0 Å². The fourth-order valence-corrected chi connectivity index (χ4v) is 2.84. The zero-order valence-electron chi connectivity index (χ0n) is 14.4. The second-order valence-electron chi connectivity index (χ2n) is 6.02. The zero-order chi connectivity index (χ0) is 17.6. The molecule has 0 atom stereocenters. The molecule has 3 aromatic carbocycles. The van der Waals surface area contributed by atoms with Gasteiger partial charge >= 0.3 is 0 Å². The van der Waals surface area contributed by atoms with Gasteiger partial charge in [-0.3, -0.25) is 0 Å². The van der Waals surface area contributed by atoms with Crippen LogP contribution < -0.4 is 9.47 Å². The van der Waals surface area contributed by atoms with Crippen LogP contribution in [0.4, 0.5) is 0 Å². The standard InChI is InChI=1S/C22H20N2O2/c1-2-7-19(8-3-1)26-20-13-11-18(12-14-20)25-16-6-15-24-17-23-21-9-4-5-10-22(21)24/h1-5,7-14,17H,6,15-16H2. The van der Waals surface area contributed by atoms with Gasteiger partial charge in [0, 0.05) is 6.54 Å². The topological polar surface area (TPSA) is 36.3 Å². The molecule has 26 heavy (non-hydrogen) atoms. The van der Waals surface area contributed by atoms with Gasteiger partial charge in [0.05, 0.1) is 24.0 Å². The number of ether oxygens (including phenoxy) is 2. The summed E-state index contributed by atoms with van der Waals surface area (Å²) in [7, 11) is 0. The normalized spacial score (nSPS) is 10.8. The Kier molecular flexibility index (Phi) is 4.83. The van der Waals surface area contributed by atoms with Gasteiger partial charge in [-0.1, -0.05) is 30.3 Å². The molecule has 0 saturated carbocycles. The first-order valence-electron chi connectivity index (χ1n) is 8.74. The summed E-state index contributed by atoms with van der Waals surface area (Å²) in [6.45, 7) is 1.54. The molecule has 4 aromatic rings. The first kappa shape index (κ1) is 16.2. The van der Waals surface area contributed by atoms with Crippen LogP contribution in [0.3, 0.4) is 0 Å². The Morgan fingerprint density at radius 1 is 0.731 bits per heavy atom. The molecule has 1 heterocycles. The van der Waals surface area contributed by atoms with E-state index in [9.17, 15) is 0 Å². The number of hydrogen-bond donors (Lipinski definition) is 0. The molecule has 0 amide bonds. The number of hydrogen-bond acceptors (Lipinski definition) is 3. The molecule has 0 bridgehead atoms. The third kappa shape index (κ3) is 3.86. The molecule has 0 unspecified atom stereocenters. The minimum Gasteiger partial charge on any atom is -0.494 e. The van der Waals surface area contributed by atoms with Crippen molar-refractivity contribution in [2.45, 2.75) is 13.0 Å². The monoisotopic (exact) mass is 344 g/mol. The average molecular weight is 344 g/mol. The maximum atomic E-state index is 5.83. The van der Waals surface area contributed by atoms with Gasteiger partial charge in [0.15, 0.2) is 0 Å². The highest BCUT2D eigenvalue weighted by Crippen LogP contribution is 2.23. The van der Waals surface area contributed by atoms with Crippen molar-refractivity contribution in [1.29, 1.82) is 0 Å². The van der Waals surface area contributed by atoms with Crippen LogP contribution in [0.25, 0.3) is 11.0 Å². The lowest BCUT2D eigenvalue weighted by Crippen LogP contribution is -2.03. The van der Waals surface area contributed by atoms with E-state index in [1.54, 1.807) is 0 Å². The number of para-hydroxylation sites is 3. The summed E-state index contributed by atoms with van der Waals surface area (Å²) >= 11 is 0. The highest BCUT2D eigenvalue weighted by Gasteiger charge is 2.02. The average Bonchev–Trinajstić information content (AvgIpc) is 3.11. The SMILES string of the molecule is c1ccc(Oc2ccc(OCCCn3cnc4ccccc43)cc2)cc1. The highest BCUT2D eigenvalue weighted by atomic mass is 16.5. The van der Waals surface area contributed by atoms with E-state index in [0.29, 0.717) is 6.61 Å². The predicted octanol–water partition coefficient (Wildman–Crippen LogP) is 5.30. The number of nitrogens with zero attached hydrogens (tertiary/aromatic N) is 2. The summed E-state index contributed by atoms with van der Waals surface area (Å²) in [4.78, 5) is 4.41. The summed E-state index contributed by atoms with van der Waals surface area (Å²) < 4.78 is 13.8. The lowest BCUT2D eigenvalue weighted by molar-refractivity contribution is 0.302. The summed E-state index contributed by atoms with van der Waals surface area (Å²) in [5.41, 5.74) is 2.19. The molecule has 0 fully saturated rings. The molecule has 0 spiro atoms. The van der Waals surface area contributed by atoms with Gasteiger partial charge in [-0.25, -0.2) is 4.98 Å². The Hall–Kier alpha value is -3.27. The van der Waals surface area contributed by atoms with Gasteiger partial charge in [0.1, 0.15) is 17.2 Å². The fraction of sp³-hybridized carbons (Fsp3) is 0.136. The lowest BCUT2D eigenvalue weighted by Gasteiger charge is -2.09. The number of aryl methyl sites for hydroxylation is 1. The van der Waals surface area contributed by atoms with Crippen LogP contribution in [0, 0.1) is 0 Å². The Morgan fingerprint density at radius 3 is 2.27 bits per heavy atom. The fourth-order valence-electron chi connectivity index (χ4n) is 2.84. The molecule has 4 rings (SSSR count). The van der Waals surface area contributed by atoms with Crippen molar-refractivity contribution in [3.63, 3.8) is 0 Å². The molecule has 4 heteroatoms. The number of rotatable bonds is 7. The minimum absolute atomic E-state index is 0.658. The van der Waals surface area contributed by atoms with Crippen molar-refractivity contribution >= 4 is 11.0 Å². The van der Waals surface area contributed by atoms with Crippen molar-refractivity contribution in [2.75, 3.05) is 6.61 Å². The number of benzene rings is 3. The van der Waals surface area contributed by atoms with E-state index >= 15 is 0 Å². The van der Waals surface area contributed by atoms with Gasteiger partial charge in [0.25, 0.3) is 0 Å². The van der Waals surface area contributed by atoms with E-state index < -0.39 is 0 Å². The van der Waals surface area contributed by atoms with Gasteiger partial charge in [-0.15, -0.1) is 0 Å². The second kappa shape index (κ2) is 7.74. The molecule has 0 aliphatic heterocycles. The zero-order valence-corrected chi connectivity index (χ0v) is 14.4. The Balaban J connectivity index is 1.27. The molecule has 0 aliphatic carbocycles. The van der Waals surface area contributed by atoms with Gasteiger partial charge in [-0.05, 0) is 55.0 Å². The molecular weight excluding hydrogens is 324 g/mol. The largest absolute Gasteiger partial charge is 0.494 e. The summed E-state index contributed by atoms with van der Waals surface area (Å²) in [6, 6.07) is 25.6. The lowest BCUT2D eigenvalue weighted by atomic mass is 10.3. The van der Waals surface area contributed by atoms with Crippen LogP contribution >= 0.6 is 0 Å². The third-order valence-corrected chi connectivity index (χ3v) is 4.14. The van der Waals surface area contributed by atoms with Crippen LogP contribution in [0.1, 0.15) is 6.42 Å². The van der Waals surface area contributed by atoms with Crippen molar-refractivity contribution in [2.24, 2.45) is 0 Å². The van der Waals surface area contributed by atoms with Crippen LogP contribution in [0.15, 0.2) is 85.2 Å². The van der Waals surface area contributed by atoms with E-state index in [2.05, 4.69) is 15.6 Å². The van der Waals surface area contributed by atoms with E-state index in [1.165, 1.54) is 0 Å². The molecule has 0 aliphatic rings. The van der Waals surface area contributed by atoms with E-state index in [0.717, 1.165) is 41.2 Å². The van der Waals surface area contributed by atoms with Crippen LogP contribution in [0.5, 0.6) is 17.2 Å². The first-order chi connectivity index (χ1) is 12.9. The van der Waals surface area contributed by atoms with Crippen molar-refractivity contribution < 1.29 is 9.47 Å². The van der Waals surface area contributed by atoms with Gasteiger partial charge in [-0.2, -0.15) is 0 Å². The summed E-state index contributed by atoms with van der Waals surface area (Å²) in [5, 5.41) is 0. The predicted molar refractivity (Wildman–Crippen MR) is 103 cm³/mol. The molecule has 0 radical (unpaired) electrons. The summed E-state index contributed by atoms with van der Waals surface area (Å²) in [6.07, 6.45) is 2.81. The summed E-state index contributed by atoms with van der Waals surface area (Å²) in [5.74, 6) is 2.48. The van der Waals surface area contributed by atoms with E-state index in [4.69, 9.17) is 9.47 Å². The molecule has 0 saturated heterocycles. The molecule has 130 valence electrons. The van der Waals surface area contributed by atoms with Crippen molar-refractivity contribution in [1.82, 2.24) is 9.55 Å². The van der Waals surface area contributed by atoms with Crippen LogP contribution in [0.2, 0.25) is 0 Å². The quantitative estimate of drug-likeness (QED) is 0.427. The maximum absolute atomic E-state index is 5.83. The highest BCUT2D eigenvalue weighted by molar-refractivity contribution is 5.74. The Bertz CT molecular complexity index is 962. The number of aromatic nitrogens is 2. The molecular formula is C22H20N2O2. The van der Waals surface area contributed by atoms with E-state index in [-0.39, 0.29) is 0 Å². The maximum Gasteiger partial charge on any atom is 0.127 e. The van der Waals surface area contributed by atoms with Crippen LogP contribution in [-0.2, 0) is 6.54 Å². The Morgan fingerprint density at radius 2 is 1.42 bits per heavy atom. The van der Waals surface area contributed by atoms with E-state index in [1.807, 2.05) is 79.1 Å².